The van der Waals surface area contributed by atoms with Crippen molar-refractivity contribution in [2.75, 3.05) is 11.6 Å². The Morgan fingerprint density at radius 3 is 2.52 bits per heavy atom. The van der Waals surface area contributed by atoms with Crippen LogP contribution in [0.15, 0.2) is 41.3 Å². The van der Waals surface area contributed by atoms with Crippen LogP contribution in [0.2, 0.25) is 0 Å². The minimum Gasteiger partial charge on any atom is -0.505 e. The van der Waals surface area contributed by atoms with E-state index >= 15 is 0 Å². The van der Waals surface area contributed by atoms with E-state index in [2.05, 4.69) is 5.32 Å². The number of benzene rings is 2. The van der Waals surface area contributed by atoms with Crippen molar-refractivity contribution >= 4 is 15.5 Å². The third kappa shape index (κ3) is 3.49. The van der Waals surface area contributed by atoms with Gasteiger partial charge in [0, 0.05) is 18.4 Å². The summed E-state index contributed by atoms with van der Waals surface area (Å²) in [4.78, 5) is -0.0325. The van der Waals surface area contributed by atoms with E-state index in [1.807, 2.05) is 0 Å². The van der Waals surface area contributed by atoms with Gasteiger partial charge >= 0.3 is 0 Å². The Kier molecular flexibility index (Phi) is 4.13. The molecule has 0 atom stereocenters. The van der Waals surface area contributed by atoms with Gasteiger partial charge in [0.2, 0.25) is 0 Å². The van der Waals surface area contributed by atoms with E-state index in [0.29, 0.717) is 0 Å². The lowest BCUT2D eigenvalue weighted by molar-refractivity contribution is 0.426. The van der Waals surface area contributed by atoms with E-state index in [4.69, 9.17) is 0 Å². The minimum atomic E-state index is -3.46. The molecule has 21 heavy (non-hydrogen) atoms. The number of anilines is 1. The second-order valence-electron chi connectivity index (χ2n) is 4.51. The van der Waals surface area contributed by atoms with Crippen LogP contribution in [0.1, 0.15) is 5.56 Å². The smallest absolute Gasteiger partial charge is 0.175 e. The van der Waals surface area contributed by atoms with Crippen LogP contribution >= 0.6 is 0 Å². The van der Waals surface area contributed by atoms with Crippen molar-refractivity contribution in [3.05, 3.63) is 53.6 Å². The lowest BCUT2D eigenvalue weighted by Crippen LogP contribution is -2.04. The summed E-state index contributed by atoms with van der Waals surface area (Å²) in [6, 6.07) is 7.34. The van der Waals surface area contributed by atoms with Gasteiger partial charge in [0.1, 0.15) is 5.82 Å². The number of rotatable bonds is 4. The van der Waals surface area contributed by atoms with Gasteiger partial charge in [-0.15, -0.1) is 0 Å². The molecule has 0 radical (unpaired) electrons. The highest BCUT2D eigenvalue weighted by Crippen LogP contribution is 2.24. The molecular weight excluding hydrogens is 300 g/mol. The van der Waals surface area contributed by atoms with Gasteiger partial charge in [-0.2, -0.15) is 0 Å². The SMILES string of the molecule is CS(=O)(=O)c1ccc(F)c(NCc2cccc(F)c2O)c1. The Balaban J connectivity index is 2.26. The zero-order valence-electron chi connectivity index (χ0n) is 11.1. The fourth-order valence-electron chi connectivity index (χ4n) is 1.76. The number of nitrogens with one attached hydrogen (secondary N) is 1. The first-order valence-electron chi connectivity index (χ1n) is 5.99. The fraction of sp³-hybridized carbons (Fsp3) is 0.143. The summed E-state index contributed by atoms with van der Waals surface area (Å²) < 4.78 is 49.7. The predicted octanol–water partition coefficient (Wildman–Crippen LogP) is 2.69. The molecule has 2 aromatic carbocycles. The molecule has 0 unspecified atom stereocenters. The third-order valence-electron chi connectivity index (χ3n) is 2.91. The average Bonchev–Trinajstić information content (AvgIpc) is 2.40. The maximum Gasteiger partial charge on any atom is 0.175 e. The van der Waals surface area contributed by atoms with Crippen LogP contribution in [0.4, 0.5) is 14.5 Å². The van der Waals surface area contributed by atoms with Crippen LogP contribution < -0.4 is 5.32 Å². The van der Waals surface area contributed by atoms with Gasteiger partial charge in [0.05, 0.1) is 10.6 Å². The van der Waals surface area contributed by atoms with Gasteiger partial charge in [0.25, 0.3) is 0 Å². The Morgan fingerprint density at radius 1 is 1.14 bits per heavy atom. The molecule has 0 aliphatic carbocycles. The standard InChI is InChI=1S/C14H13F2NO3S/c1-21(19,20)10-5-6-11(15)13(7-10)17-8-9-3-2-4-12(16)14(9)18/h2-7,17-18H,8H2,1H3. The maximum atomic E-state index is 13.6. The number of phenolic OH excluding ortho intramolecular Hbond substituents is 1. The van der Waals surface area contributed by atoms with E-state index in [0.717, 1.165) is 30.5 Å². The fourth-order valence-corrected chi connectivity index (χ4v) is 2.41. The Bertz CT molecular complexity index is 776. The lowest BCUT2D eigenvalue weighted by atomic mass is 10.2. The van der Waals surface area contributed by atoms with E-state index in [9.17, 15) is 22.3 Å². The first kappa shape index (κ1) is 15.2. The van der Waals surface area contributed by atoms with Crippen molar-refractivity contribution in [2.45, 2.75) is 11.4 Å². The summed E-state index contributed by atoms with van der Waals surface area (Å²) in [5, 5.41) is 12.2. The zero-order chi connectivity index (χ0) is 15.6. The summed E-state index contributed by atoms with van der Waals surface area (Å²) in [7, 11) is -3.46. The van der Waals surface area contributed by atoms with Gasteiger partial charge in [0.15, 0.2) is 21.4 Å². The molecular formula is C14H13F2NO3S. The number of halogens is 2. The second kappa shape index (κ2) is 5.69. The van der Waals surface area contributed by atoms with Crippen molar-refractivity contribution in [2.24, 2.45) is 0 Å². The van der Waals surface area contributed by atoms with Crippen LogP contribution in [0.5, 0.6) is 5.75 Å². The van der Waals surface area contributed by atoms with Crippen molar-refractivity contribution in [1.29, 1.82) is 0 Å². The molecule has 0 aliphatic rings. The number of aromatic hydroxyl groups is 1. The minimum absolute atomic E-state index is 0.0325. The van der Waals surface area contributed by atoms with Crippen LogP contribution in [-0.2, 0) is 16.4 Å². The molecule has 0 amide bonds. The van der Waals surface area contributed by atoms with Gasteiger partial charge in [-0.3, -0.25) is 0 Å². The predicted molar refractivity (Wildman–Crippen MR) is 74.9 cm³/mol. The number of sulfone groups is 1. The van der Waals surface area contributed by atoms with E-state index in [-0.39, 0.29) is 22.7 Å². The Hall–Kier alpha value is -2.15. The molecule has 2 N–H and O–H groups in total. The van der Waals surface area contributed by atoms with Gasteiger partial charge in [-0.25, -0.2) is 17.2 Å². The molecule has 2 rings (SSSR count). The topological polar surface area (TPSA) is 66.4 Å². The highest BCUT2D eigenvalue weighted by Gasteiger charge is 2.12. The maximum absolute atomic E-state index is 13.6. The molecule has 7 heteroatoms. The van der Waals surface area contributed by atoms with E-state index in [1.54, 1.807) is 0 Å². The molecule has 0 saturated heterocycles. The zero-order valence-corrected chi connectivity index (χ0v) is 11.9. The van der Waals surface area contributed by atoms with Crippen molar-refractivity contribution in [1.82, 2.24) is 0 Å². The van der Waals surface area contributed by atoms with Gasteiger partial charge in [-0.05, 0) is 24.3 Å². The molecule has 0 spiro atoms. The van der Waals surface area contributed by atoms with Crippen LogP contribution in [0.25, 0.3) is 0 Å². The second-order valence-corrected chi connectivity index (χ2v) is 6.53. The largest absolute Gasteiger partial charge is 0.505 e. The quantitative estimate of drug-likeness (QED) is 0.852. The van der Waals surface area contributed by atoms with Crippen LogP contribution in [0, 0.1) is 11.6 Å². The summed E-state index contributed by atoms with van der Waals surface area (Å²) in [6.45, 7) is -0.0479. The average molecular weight is 313 g/mol. The van der Waals surface area contributed by atoms with Gasteiger partial charge < -0.3 is 10.4 Å². The molecule has 0 bridgehead atoms. The third-order valence-corrected chi connectivity index (χ3v) is 4.02. The van der Waals surface area contributed by atoms with E-state index in [1.165, 1.54) is 12.1 Å². The van der Waals surface area contributed by atoms with E-state index < -0.39 is 27.2 Å². The lowest BCUT2D eigenvalue weighted by Gasteiger charge is -2.10. The Labute approximate surface area is 121 Å². The highest BCUT2D eigenvalue weighted by molar-refractivity contribution is 7.90. The molecule has 112 valence electrons. The molecule has 0 saturated carbocycles. The monoisotopic (exact) mass is 313 g/mol. The molecule has 0 heterocycles. The number of para-hydroxylation sites is 1. The number of hydrogen-bond acceptors (Lipinski definition) is 4. The normalized spacial score (nSPS) is 11.4. The number of phenols is 1. The Morgan fingerprint density at radius 2 is 1.86 bits per heavy atom. The molecule has 0 fully saturated rings. The number of hydrogen-bond donors (Lipinski definition) is 2. The van der Waals surface area contributed by atoms with Gasteiger partial charge in [-0.1, -0.05) is 12.1 Å². The molecule has 0 aliphatic heterocycles. The molecule has 2 aromatic rings. The molecule has 0 aromatic heterocycles. The summed E-state index contributed by atoms with van der Waals surface area (Å²) in [5.41, 5.74) is 0.195. The van der Waals surface area contributed by atoms with Crippen LogP contribution in [-0.4, -0.2) is 19.8 Å². The first-order valence-corrected chi connectivity index (χ1v) is 7.88. The van der Waals surface area contributed by atoms with Crippen molar-refractivity contribution < 1.29 is 22.3 Å². The summed E-state index contributed by atoms with van der Waals surface area (Å²) >= 11 is 0. The summed E-state index contributed by atoms with van der Waals surface area (Å²) in [6.07, 6.45) is 1.02. The van der Waals surface area contributed by atoms with Crippen LogP contribution in [0.3, 0.4) is 0 Å². The van der Waals surface area contributed by atoms with Crippen molar-refractivity contribution in [3.63, 3.8) is 0 Å². The highest BCUT2D eigenvalue weighted by atomic mass is 32.2. The van der Waals surface area contributed by atoms with Crippen molar-refractivity contribution in [3.8, 4) is 5.75 Å². The first-order chi connectivity index (χ1) is 9.79. The summed E-state index contributed by atoms with van der Waals surface area (Å²) in [5.74, 6) is -1.94. The molecule has 4 nitrogen and oxygen atoms in total.